The normalized spacial score (nSPS) is 10.5. The van der Waals surface area contributed by atoms with E-state index < -0.39 is 0 Å². The van der Waals surface area contributed by atoms with Crippen LogP contribution in [0, 0.1) is 6.92 Å². The number of nitrogens with zero attached hydrogens (tertiary/aromatic N) is 2. The summed E-state index contributed by atoms with van der Waals surface area (Å²) in [6.45, 7) is 2.15. The molecule has 3 aromatic rings. The quantitative estimate of drug-likeness (QED) is 0.758. The van der Waals surface area contributed by atoms with E-state index in [4.69, 9.17) is 16.3 Å². The number of amides is 1. The van der Waals surface area contributed by atoms with Crippen molar-refractivity contribution < 1.29 is 9.53 Å². The Morgan fingerprint density at radius 3 is 2.68 bits per heavy atom. The Morgan fingerprint density at radius 2 is 1.96 bits per heavy atom. The molecule has 0 unspecified atom stereocenters. The standard InChI is InChI=1S/C19H18ClN3O2/c1-13-17(18(20)23(22-13)15-8-4-3-5-9-15)19(24)21-12-14-7-6-10-16(11-14)25-2/h3-11H,12H2,1-2H3,(H,21,24). The average Bonchev–Trinajstić information content (AvgIpc) is 2.95. The lowest BCUT2D eigenvalue weighted by molar-refractivity contribution is 0.0950. The van der Waals surface area contributed by atoms with Crippen LogP contribution in [0.3, 0.4) is 0 Å². The second-order valence-electron chi connectivity index (χ2n) is 5.53. The zero-order chi connectivity index (χ0) is 17.8. The number of hydrogen-bond donors (Lipinski definition) is 1. The molecule has 0 atom stereocenters. The Labute approximate surface area is 151 Å². The van der Waals surface area contributed by atoms with Crippen LogP contribution >= 0.6 is 11.6 Å². The summed E-state index contributed by atoms with van der Waals surface area (Å²) in [6.07, 6.45) is 0. The molecule has 1 heterocycles. The third-order valence-corrected chi connectivity index (χ3v) is 4.17. The molecule has 0 aliphatic rings. The molecule has 0 fully saturated rings. The molecular formula is C19H18ClN3O2. The molecule has 0 spiro atoms. The number of nitrogens with one attached hydrogen (secondary N) is 1. The maximum atomic E-state index is 12.6. The van der Waals surface area contributed by atoms with Crippen molar-refractivity contribution in [3.05, 3.63) is 76.6 Å². The number of carbonyl (C=O) groups excluding carboxylic acids is 1. The highest BCUT2D eigenvalue weighted by Crippen LogP contribution is 2.23. The first kappa shape index (κ1) is 17.0. The molecule has 5 nitrogen and oxygen atoms in total. The summed E-state index contributed by atoms with van der Waals surface area (Å²) in [6, 6.07) is 17.0. The molecule has 0 radical (unpaired) electrons. The molecule has 0 aliphatic heterocycles. The van der Waals surface area contributed by atoms with E-state index in [0.29, 0.717) is 23.0 Å². The van der Waals surface area contributed by atoms with E-state index in [-0.39, 0.29) is 5.91 Å². The molecule has 6 heteroatoms. The number of carbonyl (C=O) groups is 1. The fraction of sp³-hybridized carbons (Fsp3) is 0.158. The van der Waals surface area contributed by atoms with Crippen molar-refractivity contribution in [1.82, 2.24) is 15.1 Å². The molecule has 3 rings (SSSR count). The Morgan fingerprint density at radius 1 is 1.20 bits per heavy atom. The van der Waals surface area contributed by atoms with Crippen LogP contribution in [-0.2, 0) is 6.54 Å². The second kappa shape index (κ2) is 7.40. The number of methoxy groups -OCH3 is 1. The fourth-order valence-corrected chi connectivity index (χ4v) is 2.91. The van der Waals surface area contributed by atoms with Crippen molar-refractivity contribution in [2.75, 3.05) is 7.11 Å². The first-order valence-electron chi connectivity index (χ1n) is 7.82. The molecule has 0 saturated heterocycles. The summed E-state index contributed by atoms with van der Waals surface area (Å²) in [5.74, 6) is 0.491. The predicted molar refractivity (Wildman–Crippen MR) is 97.5 cm³/mol. The molecule has 1 amide bonds. The smallest absolute Gasteiger partial charge is 0.256 e. The molecule has 0 saturated carbocycles. The monoisotopic (exact) mass is 355 g/mol. The third kappa shape index (κ3) is 3.67. The van der Waals surface area contributed by atoms with Crippen molar-refractivity contribution in [2.24, 2.45) is 0 Å². The first-order chi connectivity index (χ1) is 12.1. The van der Waals surface area contributed by atoms with Crippen molar-refractivity contribution in [2.45, 2.75) is 13.5 Å². The van der Waals surface area contributed by atoms with Crippen LogP contribution in [-0.4, -0.2) is 22.8 Å². The largest absolute Gasteiger partial charge is 0.497 e. The van der Waals surface area contributed by atoms with Crippen LogP contribution < -0.4 is 10.1 Å². The van der Waals surface area contributed by atoms with Crippen LogP contribution in [0.2, 0.25) is 5.15 Å². The third-order valence-electron chi connectivity index (χ3n) is 3.82. The second-order valence-corrected chi connectivity index (χ2v) is 5.89. The van der Waals surface area contributed by atoms with Crippen LogP contribution in [0.5, 0.6) is 5.75 Å². The summed E-state index contributed by atoms with van der Waals surface area (Å²) < 4.78 is 6.76. The zero-order valence-electron chi connectivity index (χ0n) is 14.0. The topological polar surface area (TPSA) is 56.1 Å². The maximum absolute atomic E-state index is 12.6. The molecule has 25 heavy (non-hydrogen) atoms. The van der Waals surface area contributed by atoms with Crippen molar-refractivity contribution >= 4 is 17.5 Å². The minimum absolute atomic E-state index is 0.257. The highest BCUT2D eigenvalue weighted by molar-refractivity contribution is 6.33. The number of aromatic nitrogens is 2. The highest BCUT2D eigenvalue weighted by atomic mass is 35.5. The van der Waals surface area contributed by atoms with Crippen LogP contribution in [0.15, 0.2) is 54.6 Å². The SMILES string of the molecule is COc1cccc(CNC(=O)c2c(C)nn(-c3ccccc3)c2Cl)c1. The van der Waals surface area contributed by atoms with Gasteiger partial charge in [-0.1, -0.05) is 41.9 Å². The summed E-state index contributed by atoms with van der Waals surface area (Å²) in [4.78, 5) is 12.6. The Bertz CT molecular complexity index is 891. The van der Waals surface area contributed by atoms with Crippen LogP contribution in [0.1, 0.15) is 21.6 Å². The molecule has 0 aliphatic carbocycles. The Hall–Kier alpha value is -2.79. The van der Waals surface area contributed by atoms with Gasteiger partial charge in [-0.25, -0.2) is 4.68 Å². The van der Waals surface area contributed by atoms with E-state index in [9.17, 15) is 4.79 Å². The minimum Gasteiger partial charge on any atom is -0.497 e. The van der Waals surface area contributed by atoms with Gasteiger partial charge in [-0.2, -0.15) is 5.10 Å². The lowest BCUT2D eigenvalue weighted by Gasteiger charge is -2.07. The average molecular weight is 356 g/mol. The lowest BCUT2D eigenvalue weighted by atomic mass is 10.2. The van der Waals surface area contributed by atoms with Gasteiger partial charge in [0.1, 0.15) is 10.9 Å². The summed E-state index contributed by atoms with van der Waals surface area (Å²) in [7, 11) is 1.61. The van der Waals surface area contributed by atoms with Gasteiger partial charge in [0.2, 0.25) is 0 Å². The lowest BCUT2D eigenvalue weighted by Crippen LogP contribution is -2.23. The van der Waals surface area contributed by atoms with Crippen LogP contribution in [0.25, 0.3) is 5.69 Å². The van der Waals surface area contributed by atoms with Gasteiger partial charge in [0.15, 0.2) is 0 Å². The van der Waals surface area contributed by atoms with E-state index >= 15 is 0 Å². The number of aryl methyl sites for hydroxylation is 1. The number of ether oxygens (including phenoxy) is 1. The van der Waals surface area contributed by atoms with Crippen molar-refractivity contribution in [3.8, 4) is 11.4 Å². The Kier molecular flexibility index (Phi) is 5.05. The number of halogens is 1. The molecule has 1 N–H and O–H groups in total. The molecule has 128 valence electrons. The zero-order valence-corrected chi connectivity index (χ0v) is 14.7. The molecule has 1 aromatic heterocycles. The number of para-hydroxylation sites is 1. The van der Waals surface area contributed by atoms with Gasteiger partial charge in [-0.3, -0.25) is 4.79 Å². The summed E-state index contributed by atoms with van der Waals surface area (Å²) >= 11 is 6.41. The maximum Gasteiger partial charge on any atom is 0.256 e. The van der Waals surface area contributed by atoms with Gasteiger partial charge in [0.25, 0.3) is 5.91 Å². The van der Waals surface area contributed by atoms with Crippen molar-refractivity contribution in [1.29, 1.82) is 0 Å². The number of rotatable bonds is 5. The number of benzene rings is 2. The van der Waals surface area contributed by atoms with Crippen LogP contribution in [0.4, 0.5) is 0 Å². The molecule has 0 bridgehead atoms. The fourth-order valence-electron chi connectivity index (χ4n) is 2.55. The van der Waals surface area contributed by atoms with E-state index in [1.54, 1.807) is 18.7 Å². The highest BCUT2D eigenvalue weighted by Gasteiger charge is 2.20. The van der Waals surface area contributed by atoms with Gasteiger partial charge >= 0.3 is 0 Å². The predicted octanol–water partition coefficient (Wildman–Crippen LogP) is 3.77. The van der Waals surface area contributed by atoms with Gasteiger partial charge in [0, 0.05) is 6.54 Å². The van der Waals surface area contributed by atoms with Gasteiger partial charge in [0.05, 0.1) is 24.1 Å². The van der Waals surface area contributed by atoms with Gasteiger partial charge in [-0.15, -0.1) is 0 Å². The molecule has 2 aromatic carbocycles. The van der Waals surface area contributed by atoms with E-state index in [1.165, 1.54) is 0 Å². The summed E-state index contributed by atoms with van der Waals surface area (Å²) in [5, 5.41) is 7.57. The summed E-state index contributed by atoms with van der Waals surface area (Å²) in [5.41, 5.74) is 2.71. The van der Waals surface area contributed by atoms with E-state index in [0.717, 1.165) is 17.0 Å². The minimum atomic E-state index is -0.257. The van der Waals surface area contributed by atoms with E-state index in [1.807, 2.05) is 54.6 Å². The number of hydrogen-bond acceptors (Lipinski definition) is 3. The van der Waals surface area contributed by atoms with Crippen molar-refractivity contribution in [3.63, 3.8) is 0 Å². The first-order valence-corrected chi connectivity index (χ1v) is 8.19. The van der Waals surface area contributed by atoms with E-state index in [2.05, 4.69) is 10.4 Å². The van der Waals surface area contributed by atoms with Gasteiger partial charge < -0.3 is 10.1 Å². The Balaban J connectivity index is 1.79. The molecular weight excluding hydrogens is 338 g/mol. The van der Waals surface area contributed by atoms with Gasteiger partial charge in [-0.05, 0) is 36.8 Å².